The van der Waals surface area contributed by atoms with Crippen molar-refractivity contribution in [2.45, 2.75) is 18.4 Å². The van der Waals surface area contributed by atoms with Gasteiger partial charge in [-0.25, -0.2) is 8.42 Å². The van der Waals surface area contributed by atoms with Gasteiger partial charge in [-0.3, -0.25) is 9.59 Å². The summed E-state index contributed by atoms with van der Waals surface area (Å²) in [6.45, 7) is 1.37. The number of amides is 2. The molecule has 0 saturated heterocycles. The van der Waals surface area contributed by atoms with Crippen LogP contribution in [0.1, 0.15) is 21.5 Å². The van der Waals surface area contributed by atoms with E-state index >= 15 is 0 Å². The Balaban J connectivity index is 1.86. The van der Waals surface area contributed by atoms with Crippen molar-refractivity contribution in [3.63, 3.8) is 0 Å². The zero-order chi connectivity index (χ0) is 24.0. The van der Waals surface area contributed by atoms with E-state index in [9.17, 15) is 18.0 Å². The number of sulfonamides is 1. The lowest BCUT2D eigenvalue weighted by Gasteiger charge is -2.22. The van der Waals surface area contributed by atoms with E-state index < -0.39 is 28.4 Å². The van der Waals surface area contributed by atoms with Gasteiger partial charge in [-0.2, -0.15) is 4.31 Å². The fourth-order valence-corrected chi connectivity index (χ4v) is 4.72. The van der Waals surface area contributed by atoms with Gasteiger partial charge < -0.3 is 15.8 Å². The van der Waals surface area contributed by atoms with Gasteiger partial charge in [-0.05, 0) is 60.5 Å². The Labute approximate surface area is 193 Å². The normalized spacial score (nSPS) is 11.2. The Morgan fingerprint density at radius 3 is 2.24 bits per heavy atom. The first kappa shape index (κ1) is 24.0. The SMILES string of the molecule is COc1ccc(S(=O)(=O)N(CC(=O)Nc2ccc(C(N)=O)cc2)Cc2ccccc2)cc1C. The summed E-state index contributed by atoms with van der Waals surface area (Å²) in [5, 5.41) is 2.66. The Hall–Kier alpha value is -3.69. The number of carbonyl (C=O) groups is 2. The van der Waals surface area contributed by atoms with E-state index in [4.69, 9.17) is 10.5 Å². The van der Waals surface area contributed by atoms with Crippen molar-refractivity contribution in [1.29, 1.82) is 0 Å². The van der Waals surface area contributed by atoms with Crippen molar-refractivity contribution in [2.75, 3.05) is 19.0 Å². The Morgan fingerprint density at radius 2 is 1.67 bits per heavy atom. The van der Waals surface area contributed by atoms with Gasteiger partial charge in [-0.15, -0.1) is 0 Å². The maximum atomic E-state index is 13.4. The van der Waals surface area contributed by atoms with E-state index in [1.54, 1.807) is 37.3 Å². The van der Waals surface area contributed by atoms with E-state index in [1.807, 2.05) is 6.07 Å². The van der Waals surface area contributed by atoms with Crippen LogP contribution in [-0.2, 0) is 21.4 Å². The van der Waals surface area contributed by atoms with E-state index in [0.717, 1.165) is 9.87 Å². The van der Waals surface area contributed by atoms with Crippen molar-refractivity contribution < 1.29 is 22.7 Å². The molecule has 172 valence electrons. The minimum Gasteiger partial charge on any atom is -0.496 e. The molecule has 0 heterocycles. The molecule has 0 aromatic heterocycles. The molecule has 3 N–H and O–H groups in total. The molecule has 3 aromatic rings. The summed E-state index contributed by atoms with van der Waals surface area (Å²) in [5.74, 6) is -0.532. The lowest BCUT2D eigenvalue weighted by atomic mass is 10.2. The summed E-state index contributed by atoms with van der Waals surface area (Å²) < 4.78 is 33.2. The highest BCUT2D eigenvalue weighted by molar-refractivity contribution is 7.89. The average Bonchev–Trinajstić information content (AvgIpc) is 2.79. The molecule has 0 aliphatic heterocycles. The standard InChI is InChI=1S/C24H25N3O5S/c1-17-14-21(12-13-22(17)32-2)33(30,31)27(15-18-6-4-3-5-7-18)16-23(28)26-20-10-8-19(9-11-20)24(25)29/h3-14H,15-16H2,1-2H3,(H2,25,29)(H,26,28). The molecule has 8 nitrogen and oxygen atoms in total. The summed E-state index contributed by atoms with van der Waals surface area (Å²) in [4.78, 5) is 24.0. The number of carbonyl (C=O) groups excluding carboxylic acids is 2. The molecule has 2 amide bonds. The Bertz CT molecular complexity index is 1240. The number of nitrogens with two attached hydrogens (primary N) is 1. The van der Waals surface area contributed by atoms with Gasteiger partial charge in [0.15, 0.2) is 0 Å². The molecule has 9 heteroatoms. The van der Waals surface area contributed by atoms with Crippen LogP contribution in [-0.4, -0.2) is 38.2 Å². The fraction of sp³-hybridized carbons (Fsp3) is 0.167. The van der Waals surface area contributed by atoms with E-state index in [1.165, 1.54) is 43.5 Å². The van der Waals surface area contributed by atoms with Crippen LogP contribution in [0.2, 0.25) is 0 Å². The molecule has 0 atom stereocenters. The number of rotatable bonds is 9. The average molecular weight is 468 g/mol. The highest BCUT2D eigenvalue weighted by atomic mass is 32.2. The number of anilines is 1. The predicted molar refractivity (Wildman–Crippen MR) is 125 cm³/mol. The lowest BCUT2D eigenvalue weighted by Crippen LogP contribution is -2.37. The fourth-order valence-electron chi connectivity index (χ4n) is 3.25. The molecule has 0 bridgehead atoms. The molecular formula is C24H25N3O5S. The molecule has 33 heavy (non-hydrogen) atoms. The molecule has 0 radical (unpaired) electrons. The first-order chi connectivity index (χ1) is 15.7. The molecule has 3 aromatic carbocycles. The predicted octanol–water partition coefficient (Wildman–Crippen LogP) is 2.93. The summed E-state index contributed by atoms with van der Waals surface area (Å²) in [6, 6.07) is 19.6. The molecule has 0 saturated carbocycles. The number of aryl methyl sites for hydroxylation is 1. The minimum absolute atomic E-state index is 0.0162. The minimum atomic E-state index is -4.00. The number of nitrogens with zero attached hydrogens (tertiary/aromatic N) is 1. The number of benzene rings is 3. The van der Waals surface area contributed by atoms with Crippen LogP contribution in [0.3, 0.4) is 0 Å². The van der Waals surface area contributed by atoms with Gasteiger partial charge in [0.25, 0.3) is 0 Å². The van der Waals surface area contributed by atoms with E-state index in [0.29, 0.717) is 22.6 Å². The van der Waals surface area contributed by atoms with Gasteiger partial charge in [0.1, 0.15) is 5.75 Å². The first-order valence-electron chi connectivity index (χ1n) is 10.1. The molecule has 0 fully saturated rings. The number of primary amides is 1. The summed E-state index contributed by atoms with van der Waals surface area (Å²) in [5.41, 5.74) is 7.35. The Morgan fingerprint density at radius 1 is 1.00 bits per heavy atom. The third kappa shape index (κ3) is 5.97. The maximum absolute atomic E-state index is 13.4. The van der Waals surface area contributed by atoms with Gasteiger partial charge in [0, 0.05) is 17.8 Å². The molecule has 3 rings (SSSR count). The van der Waals surface area contributed by atoms with Gasteiger partial charge >= 0.3 is 0 Å². The zero-order valence-corrected chi connectivity index (χ0v) is 19.1. The molecule has 0 unspecified atom stereocenters. The second-order valence-corrected chi connectivity index (χ2v) is 9.32. The van der Waals surface area contributed by atoms with Crippen LogP contribution in [0.5, 0.6) is 5.75 Å². The highest BCUT2D eigenvalue weighted by Gasteiger charge is 2.27. The van der Waals surface area contributed by atoms with Crippen LogP contribution in [0.4, 0.5) is 5.69 Å². The Kier molecular flexibility index (Phi) is 7.47. The smallest absolute Gasteiger partial charge is 0.248 e. The summed E-state index contributed by atoms with van der Waals surface area (Å²) in [6.07, 6.45) is 0. The van der Waals surface area contributed by atoms with Crippen molar-refractivity contribution in [1.82, 2.24) is 4.31 Å². The molecule has 0 spiro atoms. The van der Waals surface area contributed by atoms with Gasteiger partial charge in [-0.1, -0.05) is 30.3 Å². The number of nitrogens with one attached hydrogen (secondary N) is 1. The topological polar surface area (TPSA) is 119 Å². The summed E-state index contributed by atoms with van der Waals surface area (Å²) >= 11 is 0. The number of methoxy groups -OCH3 is 1. The zero-order valence-electron chi connectivity index (χ0n) is 18.3. The second-order valence-electron chi connectivity index (χ2n) is 7.38. The van der Waals surface area contributed by atoms with Crippen LogP contribution < -0.4 is 15.8 Å². The monoisotopic (exact) mass is 467 g/mol. The van der Waals surface area contributed by atoms with E-state index in [2.05, 4.69) is 5.32 Å². The van der Waals surface area contributed by atoms with Crippen LogP contribution in [0.25, 0.3) is 0 Å². The maximum Gasteiger partial charge on any atom is 0.248 e. The van der Waals surface area contributed by atoms with Crippen molar-refractivity contribution in [2.24, 2.45) is 5.73 Å². The molecular weight excluding hydrogens is 442 g/mol. The van der Waals surface area contributed by atoms with Crippen LogP contribution in [0, 0.1) is 6.92 Å². The first-order valence-corrected chi connectivity index (χ1v) is 11.5. The number of hydrogen-bond acceptors (Lipinski definition) is 5. The quantitative estimate of drug-likeness (QED) is 0.502. The third-order valence-electron chi connectivity index (χ3n) is 4.98. The highest BCUT2D eigenvalue weighted by Crippen LogP contribution is 2.25. The lowest BCUT2D eigenvalue weighted by molar-refractivity contribution is -0.116. The van der Waals surface area contributed by atoms with Crippen molar-refractivity contribution in [3.05, 3.63) is 89.5 Å². The molecule has 0 aliphatic rings. The number of hydrogen-bond donors (Lipinski definition) is 2. The van der Waals surface area contributed by atoms with Crippen LogP contribution in [0.15, 0.2) is 77.7 Å². The van der Waals surface area contributed by atoms with Gasteiger partial charge in [0.05, 0.1) is 18.6 Å². The van der Waals surface area contributed by atoms with E-state index in [-0.39, 0.29) is 11.4 Å². The second kappa shape index (κ2) is 10.3. The van der Waals surface area contributed by atoms with Gasteiger partial charge in [0.2, 0.25) is 21.8 Å². The van der Waals surface area contributed by atoms with Crippen LogP contribution >= 0.6 is 0 Å². The molecule has 0 aliphatic carbocycles. The van der Waals surface area contributed by atoms with Crippen molar-refractivity contribution >= 4 is 27.5 Å². The summed E-state index contributed by atoms with van der Waals surface area (Å²) in [7, 11) is -2.48. The largest absolute Gasteiger partial charge is 0.496 e. The third-order valence-corrected chi connectivity index (χ3v) is 6.77. The van der Waals surface area contributed by atoms with Crippen molar-refractivity contribution in [3.8, 4) is 5.75 Å². The number of ether oxygens (including phenoxy) is 1.